The normalized spacial score (nSPS) is 14.8. The van der Waals surface area contributed by atoms with Crippen LogP contribution < -0.4 is 10.1 Å². The van der Waals surface area contributed by atoms with Crippen LogP contribution in [0.1, 0.15) is 69.9 Å². The van der Waals surface area contributed by atoms with Crippen LogP contribution in [0.5, 0.6) is 5.75 Å². The molecule has 1 fully saturated rings. The second-order valence-electron chi connectivity index (χ2n) is 9.17. The molecule has 0 heterocycles. The lowest BCUT2D eigenvalue weighted by Crippen LogP contribution is -2.52. The van der Waals surface area contributed by atoms with E-state index < -0.39 is 6.04 Å². The fraction of sp³-hybridized carbons (Fsp3) is 0.481. The summed E-state index contributed by atoms with van der Waals surface area (Å²) in [6.07, 6.45) is 4.71. The Bertz CT molecular complexity index is 990. The molecule has 5 nitrogen and oxygen atoms in total. The lowest BCUT2D eigenvalue weighted by Gasteiger charge is -2.31. The molecule has 7 heteroatoms. The van der Waals surface area contributed by atoms with Gasteiger partial charge in [-0.25, -0.2) is 0 Å². The molecule has 0 aliphatic heterocycles. The van der Waals surface area contributed by atoms with Crippen molar-refractivity contribution in [3.63, 3.8) is 0 Å². The molecule has 184 valence electrons. The van der Waals surface area contributed by atoms with E-state index in [1.165, 1.54) is 0 Å². The topological polar surface area (TPSA) is 58.6 Å². The molecule has 3 rings (SSSR count). The first-order valence-corrected chi connectivity index (χ1v) is 12.8. The Morgan fingerprint density at radius 1 is 1.09 bits per heavy atom. The third kappa shape index (κ3) is 6.89. The fourth-order valence-corrected chi connectivity index (χ4v) is 4.75. The second-order valence-corrected chi connectivity index (χ2v) is 9.98. The molecule has 0 radical (unpaired) electrons. The summed E-state index contributed by atoms with van der Waals surface area (Å²) in [5.74, 6) is 0.575. The van der Waals surface area contributed by atoms with E-state index in [0.717, 1.165) is 36.8 Å². The molecule has 34 heavy (non-hydrogen) atoms. The van der Waals surface area contributed by atoms with Gasteiger partial charge in [-0.3, -0.25) is 9.59 Å². The third-order valence-corrected chi connectivity index (χ3v) is 7.06. The Morgan fingerprint density at radius 2 is 1.79 bits per heavy atom. The number of carbonyl (C=O) groups excluding carboxylic acids is 2. The Morgan fingerprint density at radius 3 is 2.44 bits per heavy atom. The number of rotatable bonds is 10. The minimum absolute atomic E-state index is 0.120. The summed E-state index contributed by atoms with van der Waals surface area (Å²) < 4.78 is 5.96. The Labute approximate surface area is 212 Å². The highest BCUT2D eigenvalue weighted by Gasteiger charge is 2.31. The fourth-order valence-electron chi connectivity index (χ4n) is 4.43. The van der Waals surface area contributed by atoms with Crippen LogP contribution >= 0.6 is 23.2 Å². The third-order valence-electron chi connectivity index (χ3n) is 6.32. The molecule has 1 aliphatic carbocycles. The minimum Gasteiger partial charge on any atom is -0.483 e. The van der Waals surface area contributed by atoms with Gasteiger partial charge in [0.1, 0.15) is 11.8 Å². The number of halogens is 2. The van der Waals surface area contributed by atoms with Crippen molar-refractivity contribution >= 4 is 35.0 Å². The first-order chi connectivity index (χ1) is 16.3. The number of para-hydroxylation sites is 1. The van der Waals surface area contributed by atoms with Crippen molar-refractivity contribution in [2.24, 2.45) is 0 Å². The van der Waals surface area contributed by atoms with E-state index in [2.05, 4.69) is 19.2 Å². The van der Waals surface area contributed by atoms with Gasteiger partial charge in [0.15, 0.2) is 6.61 Å². The van der Waals surface area contributed by atoms with Gasteiger partial charge < -0.3 is 15.0 Å². The van der Waals surface area contributed by atoms with E-state index in [1.54, 1.807) is 17.0 Å². The van der Waals surface area contributed by atoms with E-state index in [1.807, 2.05) is 37.3 Å². The number of nitrogens with zero attached hydrogens (tertiary/aromatic N) is 1. The second kappa shape index (κ2) is 12.5. The largest absolute Gasteiger partial charge is 0.483 e. The quantitative estimate of drug-likeness (QED) is 0.409. The predicted molar refractivity (Wildman–Crippen MR) is 138 cm³/mol. The zero-order valence-electron chi connectivity index (χ0n) is 20.2. The molecule has 0 bridgehead atoms. The highest BCUT2D eigenvalue weighted by molar-refractivity contribution is 6.42. The van der Waals surface area contributed by atoms with Crippen LogP contribution in [-0.2, 0) is 16.1 Å². The van der Waals surface area contributed by atoms with Crippen LogP contribution in [0.4, 0.5) is 0 Å². The van der Waals surface area contributed by atoms with E-state index in [9.17, 15) is 9.59 Å². The summed E-state index contributed by atoms with van der Waals surface area (Å²) in [6, 6.07) is 12.6. The number of carbonyl (C=O) groups is 2. The molecule has 1 atom stereocenters. The van der Waals surface area contributed by atoms with Gasteiger partial charge in [0.05, 0.1) is 10.0 Å². The lowest BCUT2D eigenvalue weighted by atomic mass is 10.0. The van der Waals surface area contributed by atoms with Crippen molar-refractivity contribution in [2.45, 2.75) is 77.4 Å². The van der Waals surface area contributed by atoms with Crippen LogP contribution in [-0.4, -0.2) is 35.4 Å². The monoisotopic (exact) mass is 504 g/mol. The molecule has 0 saturated heterocycles. The molecule has 0 aromatic heterocycles. The lowest BCUT2D eigenvalue weighted by molar-refractivity contribution is -0.143. The van der Waals surface area contributed by atoms with Gasteiger partial charge in [-0.05, 0) is 54.5 Å². The zero-order chi connectivity index (χ0) is 24.7. The van der Waals surface area contributed by atoms with Crippen LogP contribution in [0.3, 0.4) is 0 Å². The summed E-state index contributed by atoms with van der Waals surface area (Å²) in [5, 5.41) is 4.01. The maximum absolute atomic E-state index is 13.5. The zero-order valence-corrected chi connectivity index (χ0v) is 21.7. The molecule has 2 amide bonds. The molecule has 0 spiro atoms. The van der Waals surface area contributed by atoms with Crippen molar-refractivity contribution < 1.29 is 14.3 Å². The number of ether oxygens (including phenoxy) is 1. The molecule has 2 aromatic carbocycles. The number of nitrogens with one attached hydrogen (secondary N) is 1. The summed E-state index contributed by atoms with van der Waals surface area (Å²) in [7, 11) is 0. The van der Waals surface area contributed by atoms with Crippen molar-refractivity contribution in [1.29, 1.82) is 0 Å². The van der Waals surface area contributed by atoms with Gasteiger partial charge in [-0.1, -0.05) is 81.1 Å². The van der Waals surface area contributed by atoms with Gasteiger partial charge in [0.25, 0.3) is 5.91 Å². The smallest absolute Gasteiger partial charge is 0.261 e. The molecule has 2 aromatic rings. The SMILES string of the molecule is CCC(C(=O)NC1CCCC1)N(Cc1ccc(Cl)c(Cl)c1)C(=O)COc1ccccc1C(C)C. The molecular weight excluding hydrogens is 471 g/mol. The number of amides is 2. The van der Waals surface area contributed by atoms with E-state index in [0.29, 0.717) is 22.2 Å². The maximum atomic E-state index is 13.5. The van der Waals surface area contributed by atoms with Crippen LogP contribution in [0, 0.1) is 0 Å². The van der Waals surface area contributed by atoms with Crippen molar-refractivity contribution in [2.75, 3.05) is 6.61 Å². The van der Waals surface area contributed by atoms with Gasteiger partial charge in [-0.2, -0.15) is 0 Å². The Kier molecular flexibility index (Phi) is 9.66. The van der Waals surface area contributed by atoms with Gasteiger partial charge in [0.2, 0.25) is 5.91 Å². The summed E-state index contributed by atoms with van der Waals surface area (Å²) in [4.78, 5) is 28.3. The number of benzene rings is 2. The van der Waals surface area contributed by atoms with Crippen LogP contribution in [0.25, 0.3) is 0 Å². The number of hydrogen-bond donors (Lipinski definition) is 1. The summed E-state index contributed by atoms with van der Waals surface area (Å²) in [6.45, 7) is 6.17. The molecule has 1 saturated carbocycles. The Hall–Kier alpha value is -2.24. The average molecular weight is 505 g/mol. The van der Waals surface area contributed by atoms with Gasteiger partial charge in [-0.15, -0.1) is 0 Å². The van der Waals surface area contributed by atoms with E-state index in [4.69, 9.17) is 27.9 Å². The Balaban J connectivity index is 1.81. The first kappa shape index (κ1) is 26.4. The van der Waals surface area contributed by atoms with E-state index >= 15 is 0 Å². The molecule has 1 unspecified atom stereocenters. The molecule has 1 N–H and O–H groups in total. The predicted octanol–water partition coefficient (Wildman–Crippen LogP) is 6.36. The molecule has 1 aliphatic rings. The van der Waals surface area contributed by atoms with Gasteiger partial charge >= 0.3 is 0 Å². The summed E-state index contributed by atoms with van der Waals surface area (Å²) in [5.41, 5.74) is 1.84. The number of hydrogen-bond acceptors (Lipinski definition) is 3. The summed E-state index contributed by atoms with van der Waals surface area (Å²) >= 11 is 12.3. The highest BCUT2D eigenvalue weighted by Crippen LogP contribution is 2.27. The maximum Gasteiger partial charge on any atom is 0.261 e. The van der Waals surface area contributed by atoms with Crippen molar-refractivity contribution in [3.05, 3.63) is 63.6 Å². The van der Waals surface area contributed by atoms with E-state index in [-0.39, 0.29) is 36.9 Å². The minimum atomic E-state index is -0.605. The van der Waals surface area contributed by atoms with Crippen molar-refractivity contribution in [1.82, 2.24) is 10.2 Å². The highest BCUT2D eigenvalue weighted by atomic mass is 35.5. The average Bonchev–Trinajstić information content (AvgIpc) is 3.32. The van der Waals surface area contributed by atoms with Crippen LogP contribution in [0.15, 0.2) is 42.5 Å². The first-order valence-electron chi connectivity index (χ1n) is 12.1. The standard InChI is InChI=1S/C27H34Cl2N2O3/c1-4-24(27(33)30-20-9-5-6-10-20)31(16-19-13-14-22(28)23(29)15-19)26(32)17-34-25-12-8-7-11-21(25)18(2)3/h7-8,11-15,18,20,24H,4-6,9-10,16-17H2,1-3H3,(H,30,33). The molecular formula is C27H34Cl2N2O3. The van der Waals surface area contributed by atoms with Crippen LogP contribution in [0.2, 0.25) is 10.0 Å². The van der Waals surface area contributed by atoms with Crippen molar-refractivity contribution in [3.8, 4) is 5.75 Å². The van der Waals surface area contributed by atoms with Gasteiger partial charge in [0, 0.05) is 12.6 Å².